The van der Waals surface area contributed by atoms with Gasteiger partial charge in [0.15, 0.2) is 0 Å². The molecule has 2 rings (SSSR count). The summed E-state index contributed by atoms with van der Waals surface area (Å²) in [6.07, 6.45) is 0. The van der Waals surface area contributed by atoms with Crippen LogP contribution in [-0.2, 0) is 9.53 Å². The molecule has 0 amide bonds. The van der Waals surface area contributed by atoms with Gasteiger partial charge in [-0.2, -0.15) is 0 Å². The predicted molar refractivity (Wildman–Crippen MR) is 64.0 cm³/mol. The van der Waals surface area contributed by atoms with Crippen molar-refractivity contribution in [1.82, 2.24) is 0 Å². The van der Waals surface area contributed by atoms with E-state index >= 15 is 0 Å². The summed E-state index contributed by atoms with van der Waals surface area (Å²) in [5.41, 5.74) is 2.14. The molecule has 0 aliphatic carbocycles. The van der Waals surface area contributed by atoms with Gasteiger partial charge in [-0.15, -0.1) is 0 Å². The van der Waals surface area contributed by atoms with Crippen LogP contribution in [-0.4, -0.2) is 25.2 Å². The van der Waals surface area contributed by atoms with E-state index in [1.165, 1.54) is 0 Å². The standard InChI is InChI=1S/C12H14ClNO2/c1-3-16-12(15)11-7-14(11)10-5-4-9(13)6-8(10)2/h4-6,11H,3,7H2,1-2H3. The van der Waals surface area contributed by atoms with Gasteiger partial charge in [-0.25, -0.2) is 4.79 Å². The normalized spacial score (nSPS) is 18.4. The van der Waals surface area contributed by atoms with Crippen LogP contribution < -0.4 is 4.90 Å². The van der Waals surface area contributed by atoms with Gasteiger partial charge in [0.25, 0.3) is 0 Å². The largest absolute Gasteiger partial charge is 0.464 e. The summed E-state index contributed by atoms with van der Waals surface area (Å²) in [4.78, 5) is 13.5. The highest BCUT2D eigenvalue weighted by molar-refractivity contribution is 6.30. The number of benzene rings is 1. The predicted octanol–water partition coefficient (Wildman–Crippen LogP) is 2.40. The summed E-state index contributed by atoms with van der Waals surface area (Å²) in [7, 11) is 0. The van der Waals surface area contributed by atoms with Crippen LogP contribution in [0.3, 0.4) is 0 Å². The Morgan fingerprint density at radius 2 is 2.38 bits per heavy atom. The van der Waals surface area contributed by atoms with Gasteiger partial charge in [-0.05, 0) is 37.6 Å². The molecule has 1 aromatic carbocycles. The van der Waals surface area contributed by atoms with Crippen LogP contribution >= 0.6 is 11.6 Å². The monoisotopic (exact) mass is 239 g/mol. The third-order valence-electron chi connectivity index (χ3n) is 2.64. The topological polar surface area (TPSA) is 29.3 Å². The van der Waals surface area contributed by atoms with Crippen LogP contribution in [0.1, 0.15) is 12.5 Å². The molecule has 1 aliphatic rings. The van der Waals surface area contributed by atoms with Crippen LogP contribution in [0.4, 0.5) is 5.69 Å². The van der Waals surface area contributed by atoms with Crippen LogP contribution in [0, 0.1) is 6.92 Å². The van der Waals surface area contributed by atoms with E-state index in [1.54, 1.807) is 0 Å². The van der Waals surface area contributed by atoms with Crippen LogP contribution in [0.15, 0.2) is 18.2 Å². The van der Waals surface area contributed by atoms with E-state index in [-0.39, 0.29) is 12.0 Å². The fourth-order valence-corrected chi connectivity index (χ4v) is 2.01. The minimum Gasteiger partial charge on any atom is -0.464 e. The second kappa shape index (κ2) is 4.34. The Kier molecular flexibility index (Phi) is 3.06. The molecule has 86 valence electrons. The Hall–Kier alpha value is -1.22. The fourth-order valence-electron chi connectivity index (χ4n) is 1.79. The highest BCUT2D eigenvalue weighted by Gasteiger charge is 2.42. The van der Waals surface area contributed by atoms with Crippen molar-refractivity contribution in [2.24, 2.45) is 0 Å². The fraction of sp³-hybridized carbons (Fsp3) is 0.417. The van der Waals surface area contributed by atoms with E-state index in [9.17, 15) is 4.79 Å². The number of hydrogen-bond donors (Lipinski definition) is 0. The molecule has 1 aromatic rings. The zero-order chi connectivity index (χ0) is 11.7. The quantitative estimate of drug-likeness (QED) is 0.599. The Balaban J connectivity index is 2.08. The van der Waals surface area contributed by atoms with Crippen molar-refractivity contribution >= 4 is 23.3 Å². The zero-order valence-electron chi connectivity index (χ0n) is 9.37. The minimum atomic E-state index is -0.142. The summed E-state index contributed by atoms with van der Waals surface area (Å²) >= 11 is 5.88. The average Bonchev–Trinajstić information content (AvgIpc) is 2.98. The van der Waals surface area contributed by atoms with Crippen molar-refractivity contribution < 1.29 is 9.53 Å². The third-order valence-corrected chi connectivity index (χ3v) is 2.87. The smallest absolute Gasteiger partial charge is 0.330 e. The molecule has 3 nitrogen and oxygen atoms in total. The van der Waals surface area contributed by atoms with Gasteiger partial charge in [0.2, 0.25) is 0 Å². The van der Waals surface area contributed by atoms with Crippen molar-refractivity contribution in [2.75, 3.05) is 18.1 Å². The number of halogens is 1. The molecule has 1 unspecified atom stereocenters. The van der Waals surface area contributed by atoms with E-state index in [0.29, 0.717) is 6.61 Å². The first-order valence-electron chi connectivity index (χ1n) is 5.33. The van der Waals surface area contributed by atoms with Gasteiger partial charge in [0.1, 0.15) is 6.04 Å². The van der Waals surface area contributed by atoms with E-state index in [2.05, 4.69) is 0 Å². The third kappa shape index (κ3) is 2.14. The van der Waals surface area contributed by atoms with Gasteiger partial charge in [-0.1, -0.05) is 11.6 Å². The molecule has 0 spiro atoms. The van der Waals surface area contributed by atoms with Crippen LogP contribution in [0.25, 0.3) is 0 Å². The number of carbonyl (C=O) groups is 1. The maximum Gasteiger partial charge on any atom is 0.330 e. The lowest BCUT2D eigenvalue weighted by Crippen LogP contribution is -2.16. The Morgan fingerprint density at radius 3 is 3.00 bits per heavy atom. The van der Waals surface area contributed by atoms with Gasteiger partial charge >= 0.3 is 5.97 Å². The van der Waals surface area contributed by atoms with Crippen molar-refractivity contribution in [3.8, 4) is 0 Å². The average molecular weight is 240 g/mol. The summed E-state index contributed by atoms with van der Waals surface area (Å²) < 4.78 is 4.97. The lowest BCUT2D eigenvalue weighted by molar-refractivity contribution is -0.142. The summed E-state index contributed by atoms with van der Waals surface area (Å²) in [5, 5.41) is 0.718. The number of ether oxygens (including phenoxy) is 1. The van der Waals surface area contributed by atoms with Crippen molar-refractivity contribution in [3.63, 3.8) is 0 Å². The SMILES string of the molecule is CCOC(=O)C1CN1c1ccc(Cl)cc1C. The van der Waals surface area contributed by atoms with E-state index < -0.39 is 0 Å². The number of hydrogen-bond acceptors (Lipinski definition) is 3. The molecule has 1 aliphatic heterocycles. The lowest BCUT2D eigenvalue weighted by Gasteiger charge is -2.09. The van der Waals surface area contributed by atoms with Crippen LogP contribution in [0.2, 0.25) is 5.02 Å². The zero-order valence-corrected chi connectivity index (χ0v) is 10.1. The first-order chi connectivity index (χ1) is 7.63. The van der Waals surface area contributed by atoms with Gasteiger partial charge < -0.3 is 9.64 Å². The Labute approximate surface area is 100.0 Å². The van der Waals surface area contributed by atoms with Crippen molar-refractivity contribution in [1.29, 1.82) is 0 Å². The van der Waals surface area contributed by atoms with E-state index in [4.69, 9.17) is 16.3 Å². The number of anilines is 1. The molecule has 0 radical (unpaired) electrons. The number of carbonyl (C=O) groups excluding carboxylic acids is 1. The maximum absolute atomic E-state index is 11.5. The maximum atomic E-state index is 11.5. The molecule has 0 N–H and O–H groups in total. The second-order valence-electron chi connectivity index (χ2n) is 3.85. The molecule has 1 atom stereocenters. The minimum absolute atomic E-state index is 0.111. The summed E-state index contributed by atoms with van der Waals surface area (Å²) in [5.74, 6) is -0.142. The number of esters is 1. The van der Waals surface area contributed by atoms with Gasteiger partial charge in [-0.3, -0.25) is 0 Å². The Morgan fingerprint density at radius 1 is 1.62 bits per heavy atom. The summed E-state index contributed by atoms with van der Waals surface area (Å²) in [6.45, 7) is 4.98. The lowest BCUT2D eigenvalue weighted by atomic mass is 10.2. The molecular formula is C12H14ClNO2. The number of nitrogens with zero attached hydrogens (tertiary/aromatic N) is 1. The van der Waals surface area contributed by atoms with Gasteiger partial charge in [0.05, 0.1) is 13.2 Å². The van der Waals surface area contributed by atoms with Gasteiger partial charge in [0, 0.05) is 10.7 Å². The second-order valence-corrected chi connectivity index (χ2v) is 4.29. The number of rotatable bonds is 3. The van der Waals surface area contributed by atoms with E-state index in [1.807, 2.05) is 36.9 Å². The van der Waals surface area contributed by atoms with Crippen LogP contribution in [0.5, 0.6) is 0 Å². The molecule has 0 saturated carbocycles. The molecule has 16 heavy (non-hydrogen) atoms. The van der Waals surface area contributed by atoms with E-state index in [0.717, 1.165) is 22.8 Å². The first-order valence-corrected chi connectivity index (χ1v) is 5.70. The number of aryl methyl sites for hydroxylation is 1. The molecule has 4 heteroatoms. The molecule has 0 aromatic heterocycles. The first kappa shape index (κ1) is 11.3. The summed E-state index contributed by atoms with van der Waals surface area (Å²) in [6, 6.07) is 5.57. The Bertz CT molecular complexity index is 419. The highest BCUT2D eigenvalue weighted by atomic mass is 35.5. The highest BCUT2D eigenvalue weighted by Crippen LogP contribution is 2.32. The molecular weight excluding hydrogens is 226 g/mol. The molecule has 1 fully saturated rings. The van der Waals surface area contributed by atoms with Crippen molar-refractivity contribution in [3.05, 3.63) is 28.8 Å². The molecule has 1 saturated heterocycles. The molecule has 0 bridgehead atoms. The van der Waals surface area contributed by atoms with Crippen molar-refractivity contribution in [2.45, 2.75) is 19.9 Å². The molecule has 1 heterocycles.